The number of para-hydroxylation sites is 1. The molecule has 0 unspecified atom stereocenters. The molecule has 9 heteroatoms. The Hall–Kier alpha value is -3.56. The van der Waals surface area contributed by atoms with Crippen molar-refractivity contribution < 1.29 is 19.6 Å². The van der Waals surface area contributed by atoms with Crippen molar-refractivity contribution in [1.82, 2.24) is 9.97 Å². The second-order valence-corrected chi connectivity index (χ2v) is 6.23. The average molecular weight is 380 g/mol. The zero-order valence-electron chi connectivity index (χ0n) is 14.5. The molecule has 142 valence electrons. The smallest absolute Gasteiger partial charge is 0.269 e. The van der Waals surface area contributed by atoms with Crippen LogP contribution in [0.3, 0.4) is 0 Å². The largest absolute Gasteiger partial charge is 0.450 e. The van der Waals surface area contributed by atoms with Gasteiger partial charge in [-0.1, -0.05) is 12.1 Å². The zero-order valence-corrected chi connectivity index (χ0v) is 14.5. The number of aromatic nitrogens is 2. The molecule has 0 bridgehead atoms. The lowest BCUT2D eigenvalue weighted by Crippen LogP contribution is -2.31. The quantitative estimate of drug-likeness (QED) is 0.343. The van der Waals surface area contributed by atoms with Crippen LogP contribution >= 0.6 is 0 Å². The van der Waals surface area contributed by atoms with Gasteiger partial charge >= 0.3 is 0 Å². The Morgan fingerprint density at radius 1 is 1.14 bits per heavy atom. The fourth-order valence-corrected chi connectivity index (χ4v) is 3.05. The van der Waals surface area contributed by atoms with Crippen LogP contribution < -0.4 is 5.32 Å². The summed E-state index contributed by atoms with van der Waals surface area (Å²) in [4.78, 5) is 18.7. The minimum Gasteiger partial charge on any atom is -0.450 e. The van der Waals surface area contributed by atoms with Gasteiger partial charge in [-0.25, -0.2) is 9.97 Å². The molecule has 0 aliphatic carbocycles. The number of aliphatic hydroxyl groups is 2. The molecule has 28 heavy (non-hydrogen) atoms. The molecule has 2 heterocycles. The van der Waals surface area contributed by atoms with E-state index in [1.807, 2.05) is 24.3 Å². The molecule has 0 spiro atoms. The molecular weight excluding hydrogens is 364 g/mol. The molecule has 2 aromatic heterocycles. The third kappa shape index (κ3) is 3.13. The number of benzene rings is 2. The Labute approximate surface area is 158 Å². The molecule has 4 rings (SSSR count). The lowest BCUT2D eigenvalue weighted by Gasteiger charge is -2.23. The molecule has 2 aromatic carbocycles. The second-order valence-electron chi connectivity index (χ2n) is 6.23. The number of hydrogen-bond donors (Lipinski definition) is 3. The molecule has 0 fully saturated rings. The summed E-state index contributed by atoms with van der Waals surface area (Å²) in [6.45, 7) is -0.399. The fourth-order valence-electron chi connectivity index (χ4n) is 3.05. The van der Waals surface area contributed by atoms with Crippen LogP contribution in [0.15, 0.2) is 59.3 Å². The number of nitrogens with one attached hydrogen (secondary N) is 1. The first-order valence-electron chi connectivity index (χ1n) is 8.50. The van der Waals surface area contributed by atoms with Crippen molar-refractivity contribution in [3.8, 4) is 0 Å². The number of fused-ring (bicyclic) bond motifs is 3. The number of anilines is 1. The molecule has 0 aliphatic rings. The minimum absolute atomic E-state index is 0.0794. The van der Waals surface area contributed by atoms with Crippen molar-refractivity contribution in [2.45, 2.75) is 12.1 Å². The molecule has 9 nitrogen and oxygen atoms in total. The molecule has 2 atom stereocenters. The summed E-state index contributed by atoms with van der Waals surface area (Å²) >= 11 is 0. The Kier molecular flexibility index (Phi) is 4.60. The summed E-state index contributed by atoms with van der Waals surface area (Å²) in [5.74, 6) is 0.334. The second kappa shape index (κ2) is 7.22. The SMILES string of the molecule is O=[N+]([O-])c1ccc([C@H](O)[C@@H](CO)Nc2ncnc3c2oc2ccccc23)cc1. The van der Waals surface area contributed by atoms with E-state index in [4.69, 9.17) is 4.42 Å². The number of hydrogen-bond acceptors (Lipinski definition) is 8. The van der Waals surface area contributed by atoms with Gasteiger partial charge in [0.15, 0.2) is 11.4 Å². The maximum atomic E-state index is 10.8. The third-order valence-electron chi connectivity index (χ3n) is 4.50. The van der Waals surface area contributed by atoms with Gasteiger partial charge in [0, 0.05) is 17.5 Å². The Morgan fingerprint density at radius 2 is 1.89 bits per heavy atom. The first-order valence-corrected chi connectivity index (χ1v) is 8.50. The number of nitrogens with zero attached hydrogens (tertiary/aromatic N) is 3. The van der Waals surface area contributed by atoms with Crippen LogP contribution in [0.2, 0.25) is 0 Å². The van der Waals surface area contributed by atoms with Gasteiger partial charge in [0.25, 0.3) is 5.69 Å². The zero-order chi connectivity index (χ0) is 19.7. The lowest BCUT2D eigenvalue weighted by molar-refractivity contribution is -0.384. The first kappa shape index (κ1) is 17.8. The van der Waals surface area contributed by atoms with Gasteiger partial charge in [0.2, 0.25) is 0 Å². The van der Waals surface area contributed by atoms with Crippen LogP contribution in [0.25, 0.3) is 22.1 Å². The monoisotopic (exact) mass is 380 g/mol. The fraction of sp³-hybridized carbons (Fsp3) is 0.158. The van der Waals surface area contributed by atoms with Crippen LogP contribution in [0.5, 0.6) is 0 Å². The summed E-state index contributed by atoms with van der Waals surface area (Å²) in [5, 5.41) is 35.0. The van der Waals surface area contributed by atoms with Gasteiger partial charge in [0.1, 0.15) is 23.5 Å². The van der Waals surface area contributed by atoms with Gasteiger partial charge in [0.05, 0.1) is 17.6 Å². The van der Waals surface area contributed by atoms with E-state index in [2.05, 4.69) is 15.3 Å². The van der Waals surface area contributed by atoms with Crippen molar-refractivity contribution in [2.75, 3.05) is 11.9 Å². The number of nitro groups is 1. The predicted molar refractivity (Wildman–Crippen MR) is 102 cm³/mol. The highest BCUT2D eigenvalue weighted by Crippen LogP contribution is 2.31. The van der Waals surface area contributed by atoms with Crippen LogP contribution in [-0.4, -0.2) is 37.8 Å². The van der Waals surface area contributed by atoms with Crippen molar-refractivity contribution in [3.63, 3.8) is 0 Å². The van der Waals surface area contributed by atoms with Crippen LogP contribution in [0.4, 0.5) is 11.5 Å². The molecule has 3 N–H and O–H groups in total. The number of rotatable bonds is 6. The normalized spacial score (nSPS) is 13.5. The van der Waals surface area contributed by atoms with Crippen molar-refractivity contribution in [2.24, 2.45) is 0 Å². The first-order chi connectivity index (χ1) is 13.6. The van der Waals surface area contributed by atoms with E-state index in [1.165, 1.54) is 30.6 Å². The van der Waals surface area contributed by atoms with E-state index in [1.54, 1.807) is 0 Å². The van der Waals surface area contributed by atoms with Crippen molar-refractivity contribution >= 4 is 33.6 Å². The van der Waals surface area contributed by atoms with Gasteiger partial charge in [-0.3, -0.25) is 10.1 Å². The van der Waals surface area contributed by atoms with Gasteiger partial charge in [-0.15, -0.1) is 0 Å². The summed E-state index contributed by atoms with van der Waals surface area (Å²) in [6, 6.07) is 12.1. The molecule has 0 radical (unpaired) electrons. The Bertz CT molecular complexity index is 1140. The van der Waals surface area contributed by atoms with Crippen LogP contribution in [-0.2, 0) is 0 Å². The molecule has 4 aromatic rings. The van der Waals surface area contributed by atoms with E-state index in [9.17, 15) is 20.3 Å². The number of aliphatic hydroxyl groups excluding tert-OH is 2. The maximum absolute atomic E-state index is 10.8. The standard InChI is InChI=1S/C19H16N4O5/c24-9-14(17(25)11-5-7-12(8-6-11)23(26)27)22-19-18-16(20-10-21-19)13-3-1-2-4-15(13)28-18/h1-8,10,14,17,24-25H,9H2,(H,20,21,22)/t14-,17+/m1/s1. The van der Waals surface area contributed by atoms with Crippen LogP contribution in [0, 0.1) is 10.1 Å². The van der Waals surface area contributed by atoms with Gasteiger partial charge in [-0.05, 0) is 29.8 Å². The number of furan rings is 1. The Morgan fingerprint density at radius 3 is 2.61 bits per heavy atom. The van der Waals surface area contributed by atoms with Crippen molar-refractivity contribution in [1.29, 1.82) is 0 Å². The lowest BCUT2D eigenvalue weighted by atomic mass is 10.0. The summed E-state index contributed by atoms with van der Waals surface area (Å²) in [7, 11) is 0. The third-order valence-corrected chi connectivity index (χ3v) is 4.50. The number of non-ortho nitro benzene ring substituents is 1. The van der Waals surface area contributed by atoms with Crippen molar-refractivity contribution in [3.05, 3.63) is 70.5 Å². The van der Waals surface area contributed by atoms with E-state index in [0.29, 0.717) is 28.1 Å². The number of nitro benzene ring substituents is 1. The summed E-state index contributed by atoms with van der Waals surface area (Å²) in [6.07, 6.45) is 0.250. The molecule has 0 aliphatic heterocycles. The topological polar surface area (TPSA) is 135 Å². The van der Waals surface area contributed by atoms with E-state index in [0.717, 1.165) is 5.39 Å². The molecule has 0 amide bonds. The predicted octanol–water partition coefficient (Wildman–Crippen LogP) is 2.79. The van der Waals surface area contributed by atoms with E-state index >= 15 is 0 Å². The highest BCUT2D eigenvalue weighted by atomic mass is 16.6. The Balaban J connectivity index is 1.65. The highest BCUT2D eigenvalue weighted by molar-refractivity contribution is 6.05. The summed E-state index contributed by atoms with van der Waals surface area (Å²) < 4.78 is 5.83. The van der Waals surface area contributed by atoms with E-state index in [-0.39, 0.29) is 5.69 Å². The van der Waals surface area contributed by atoms with Gasteiger partial charge < -0.3 is 19.9 Å². The summed E-state index contributed by atoms with van der Waals surface area (Å²) in [5.41, 5.74) is 2.03. The van der Waals surface area contributed by atoms with Crippen LogP contribution in [0.1, 0.15) is 11.7 Å². The molecular formula is C19H16N4O5. The van der Waals surface area contributed by atoms with E-state index < -0.39 is 23.7 Å². The minimum atomic E-state index is -1.12. The molecule has 0 saturated carbocycles. The average Bonchev–Trinajstić information content (AvgIpc) is 3.11. The molecule has 0 saturated heterocycles. The maximum Gasteiger partial charge on any atom is 0.269 e. The highest BCUT2D eigenvalue weighted by Gasteiger charge is 2.23. The van der Waals surface area contributed by atoms with Gasteiger partial charge in [-0.2, -0.15) is 0 Å².